The number of Topliss-reactive ketones (excluding diaryl/α,β-unsaturated/α-hetero) is 1. The van der Waals surface area contributed by atoms with Crippen molar-refractivity contribution in [3.05, 3.63) is 53.7 Å². The molecule has 1 aliphatic carbocycles. The lowest BCUT2D eigenvalue weighted by atomic mass is 9.76. The maximum Gasteiger partial charge on any atom is 0.331 e. The average molecular weight is 656 g/mol. The molecule has 2 N–H and O–H groups in total. The summed E-state index contributed by atoms with van der Waals surface area (Å²) in [5.41, 5.74) is 0.693. The molecule has 2 aliphatic rings. The van der Waals surface area contributed by atoms with E-state index in [2.05, 4.69) is 20.5 Å². The van der Waals surface area contributed by atoms with Crippen LogP contribution in [0.4, 0.5) is 14.5 Å². The lowest BCUT2D eigenvalue weighted by Crippen LogP contribution is -2.55. The number of anilines is 1. The second kappa shape index (κ2) is 16.3. The number of benzene rings is 1. The van der Waals surface area contributed by atoms with Crippen LogP contribution in [-0.4, -0.2) is 84.7 Å². The Morgan fingerprint density at radius 1 is 1.00 bits per heavy atom. The maximum absolute atomic E-state index is 15.3. The van der Waals surface area contributed by atoms with Gasteiger partial charge in [0.15, 0.2) is 0 Å². The van der Waals surface area contributed by atoms with Crippen molar-refractivity contribution in [1.82, 2.24) is 20.1 Å². The SMILES string of the molecule is CCC(=O)N[C@@H](C(=O)N1CCN(C)CC1)[C@@H](C)c1ccc(NC(=O)[C@@H](CC(=O)C(F)(F)c2ccc(OC)nc2)C2CCCCC2)cc1. The van der Waals surface area contributed by atoms with E-state index in [0.717, 1.165) is 50.2 Å². The number of pyridine rings is 1. The minimum absolute atomic E-state index is 0.132. The summed E-state index contributed by atoms with van der Waals surface area (Å²) in [6.45, 7) is 6.30. The number of nitrogens with one attached hydrogen (secondary N) is 2. The summed E-state index contributed by atoms with van der Waals surface area (Å²) in [6.07, 6.45) is 4.69. The summed E-state index contributed by atoms with van der Waals surface area (Å²) in [4.78, 5) is 60.3. The van der Waals surface area contributed by atoms with Gasteiger partial charge < -0.3 is 25.2 Å². The minimum Gasteiger partial charge on any atom is -0.481 e. The summed E-state index contributed by atoms with van der Waals surface area (Å²) < 4.78 is 35.5. The zero-order valence-electron chi connectivity index (χ0n) is 27.8. The number of nitrogens with zero attached hydrogens (tertiary/aromatic N) is 3. The van der Waals surface area contributed by atoms with Crippen LogP contribution in [-0.2, 0) is 25.1 Å². The number of methoxy groups -OCH3 is 1. The van der Waals surface area contributed by atoms with Gasteiger partial charge >= 0.3 is 5.92 Å². The number of amides is 3. The number of carbonyl (C=O) groups is 4. The fraction of sp³-hybridized carbons (Fsp3) is 0.571. The van der Waals surface area contributed by atoms with Crippen LogP contribution in [0.1, 0.15) is 75.8 Å². The van der Waals surface area contributed by atoms with E-state index in [1.165, 1.54) is 13.2 Å². The smallest absolute Gasteiger partial charge is 0.331 e. The van der Waals surface area contributed by atoms with E-state index in [0.29, 0.717) is 31.6 Å². The van der Waals surface area contributed by atoms with Gasteiger partial charge in [-0.3, -0.25) is 19.2 Å². The Balaban J connectivity index is 1.48. The van der Waals surface area contributed by atoms with E-state index >= 15 is 8.78 Å². The molecule has 1 aromatic carbocycles. The molecule has 47 heavy (non-hydrogen) atoms. The molecule has 1 aliphatic heterocycles. The van der Waals surface area contributed by atoms with Crippen molar-refractivity contribution in [1.29, 1.82) is 0 Å². The van der Waals surface area contributed by atoms with Crippen molar-refractivity contribution in [2.45, 2.75) is 76.7 Å². The third-order valence-electron chi connectivity index (χ3n) is 9.54. The van der Waals surface area contributed by atoms with Gasteiger partial charge in [-0.25, -0.2) is 4.98 Å². The number of alkyl halides is 2. The highest BCUT2D eigenvalue weighted by molar-refractivity contribution is 5.97. The Morgan fingerprint density at radius 2 is 1.66 bits per heavy atom. The van der Waals surface area contributed by atoms with Crippen LogP contribution in [0.3, 0.4) is 0 Å². The molecule has 1 aromatic heterocycles. The molecule has 2 aromatic rings. The predicted octanol–water partition coefficient (Wildman–Crippen LogP) is 4.75. The third-order valence-corrected chi connectivity index (χ3v) is 9.54. The highest BCUT2D eigenvalue weighted by atomic mass is 19.3. The van der Waals surface area contributed by atoms with E-state index in [1.807, 2.05) is 14.0 Å². The molecule has 0 spiro atoms. The monoisotopic (exact) mass is 655 g/mol. The molecule has 3 amide bonds. The lowest BCUT2D eigenvalue weighted by Gasteiger charge is -2.36. The number of aromatic nitrogens is 1. The molecular formula is C35H47F2N5O5. The molecule has 4 rings (SSSR count). The number of carbonyl (C=O) groups excluding carboxylic acids is 4. The second-order valence-corrected chi connectivity index (χ2v) is 12.7. The van der Waals surface area contributed by atoms with Crippen LogP contribution in [0.25, 0.3) is 0 Å². The van der Waals surface area contributed by atoms with Crippen LogP contribution in [0.5, 0.6) is 5.88 Å². The molecule has 0 unspecified atom stereocenters. The van der Waals surface area contributed by atoms with E-state index in [1.54, 1.807) is 36.1 Å². The van der Waals surface area contributed by atoms with Crippen LogP contribution in [0, 0.1) is 11.8 Å². The fourth-order valence-electron chi connectivity index (χ4n) is 6.38. The van der Waals surface area contributed by atoms with Crippen LogP contribution >= 0.6 is 0 Å². The van der Waals surface area contributed by atoms with Crippen molar-refractivity contribution >= 4 is 29.2 Å². The number of likely N-dealkylation sites (N-methyl/N-ethyl adjacent to an activating group) is 1. The summed E-state index contributed by atoms with van der Waals surface area (Å²) >= 11 is 0. The molecule has 2 fully saturated rings. The predicted molar refractivity (Wildman–Crippen MR) is 174 cm³/mol. The highest BCUT2D eigenvalue weighted by Crippen LogP contribution is 2.37. The number of piperazine rings is 1. The number of rotatable bonds is 13. The molecule has 2 heterocycles. The van der Waals surface area contributed by atoms with Gasteiger partial charge in [0.05, 0.1) is 7.11 Å². The molecule has 0 radical (unpaired) electrons. The Hall–Kier alpha value is -3.93. The van der Waals surface area contributed by atoms with Crippen molar-refractivity contribution in [2.75, 3.05) is 45.7 Å². The molecule has 1 saturated carbocycles. The van der Waals surface area contributed by atoms with E-state index in [-0.39, 0.29) is 36.0 Å². The van der Waals surface area contributed by atoms with Gasteiger partial charge in [-0.2, -0.15) is 8.78 Å². The van der Waals surface area contributed by atoms with E-state index in [9.17, 15) is 19.2 Å². The largest absolute Gasteiger partial charge is 0.481 e. The van der Waals surface area contributed by atoms with Crippen molar-refractivity contribution in [3.63, 3.8) is 0 Å². The van der Waals surface area contributed by atoms with E-state index in [4.69, 9.17) is 4.74 Å². The van der Waals surface area contributed by atoms with Gasteiger partial charge in [-0.05, 0) is 49.6 Å². The van der Waals surface area contributed by atoms with Crippen molar-refractivity contribution in [2.24, 2.45) is 11.8 Å². The summed E-state index contributed by atoms with van der Waals surface area (Å²) in [5, 5.41) is 5.75. The van der Waals surface area contributed by atoms with E-state index < -0.39 is 41.6 Å². The van der Waals surface area contributed by atoms with Gasteiger partial charge in [0.2, 0.25) is 29.4 Å². The summed E-state index contributed by atoms with van der Waals surface area (Å²) in [7, 11) is 3.37. The van der Waals surface area contributed by atoms with Gasteiger partial charge in [0, 0.05) is 74.4 Å². The number of hydrogen-bond acceptors (Lipinski definition) is 7. The lowest BCUT2D eigenvalue weighted by molar-refractivity contribution is -0.147. The molecule has 10 nitrogen and oxygen atoms in total. The Labute approximate surface area is 275 Å². The zero-order valence-corrected chi connectivity index (χ0v) is 27.8. The topological polar surface area (TPSA) is 121 Å². The standard InChI is InChI=1S/C35H47F2N5O5/c1-5-30(44)40-32(34(46)42-19-17-41(3)18-20-42)23(2)24-11-14-27(15-12-24)39-33(45)28(25-9-7-6-8-10-25)21-29(43)35(36,37)26-13-16-31(47-4)38-22-26/h11-16,22-23,25,28,32H,5-10,17-21H2,1-4H3,(H,39,45)(H,40,44)/t23-,28-,32+/m0/s1. The molecular weight excluding hydrogens is 608 g/mol. The quantitative estimate of drug-likeness (QED) is 0.320. The Kier molecular flexibility index (Phi) is 12.4. The van der Waals surface area contributed by atoms with Crippen LogP contribution in [0.15, 0.2) is 42.6 Å². The van der Waals surface area contributed by atoms with Gasteiger partial charge in [-0.1, -0.05) is 45.2 Å². The average Bonchev–Trinajstić information content (AvgIpc) is 3.09. The molecule has 3 atom stereocenters. The molecule has 1 saturated heterocycles. The minimum atomic E-state index is -3.81. The number of hydrogen-bond donors (Lipinski definition) is 2. The Morgan fingerprint density at radius 3 is 2.23 bits per heavy atom. The Bertz CT molecular complexity index is 1370. The first-order valence-electron chi connectivity index (χ1n) is 16.5. The van der Waals surface area contributed by atoms with Crippen molar-refractivity contribution < 1.29 is 32.7 Å². The molecule has 12 heteroatoms. The van der Waals surface area contributed by atoms with Gasteiger partial charge in [0.25, 0.3) is 0 Å². The van der Waals surface area contributed by atoms with Crippen molar-refractivity contribution in [3.8, 4) is 5.88 Å². The first-order valence-corrected chi connectivity index (χ1v) is 16.5. The van der Waals surface area contributed by atoms with Gasteiger partial charge in [0.1, 0.15) is 6.04 Å². The van der Waals surface area contributed by atoms with Crippen LogP contribution < -0.4 is 15.4 Å². The molecule has 0 bridgehead atoms. The first kappa shape index (κ1) is 35.9. The fourth-order valence-corrected chi connectivity index (χ4v) is 6.38. The summed E-state index contributed by atoms with van der Waals surface area (Å²) in [6, 6.07) is 8.59. The third kappa shape index (κ3) is 9.12. The molecule has 256 valence electrons. The number of halogens is 2. The normalized spacial score (nSPS) is 18.1. The highest BCUT2D eigenvalue weighted by Gasteiger charge is 2.44. The summed E-state index contributed by atoms with van der Waals surface area (Å²) in [5.74, 6) is -7.29. The van der Waals surface area contributed by atoms with Gasteiger partial charge in [-0.15, -0.1) is 0 Å². The number of ketones is 1. The number of ether oxygens (including phenoxy) is 1. The second-order valence-electron chi connectivity index (χ2n) is 12.7. The zero-order chi connectivity index (χ0) is 34.1. The van der Waals surface area contributed by atoms with Crippen LogP contribution in [0.2, 0.25) is 0 Å². The maximum atomic E-state index is 15.3. The first-order chi connectivity index (χ1) is 22.4.